The lowest BCUT2D eigenvalue weighted by molar-refractivity contribution is 0.294. The average Bonchev–Trinajstić information content (AvgIpc) is 2.17. The summed E-state index contributed by atoms with van der Waals surface area (Å²) in [5.74, 6) is 1.13. The van der Waals surface area contributed by atoms with Gasteiger partial charge in [-0.1, -0.05) is 19.9 Å². The predicted molar refractivity (Wildman–Crippen MR) is 60.7 cm³/mol. The summed E-state index contributed by atoms with van der Waals surface area (Å²) < 4.78 is 18.4. The molecule has 0 radical (unpaired) electrons. The molecule has 0 aliphatic rings. The van der Waals surface area contributed by atoms with Gasteiger partial charge in [0.05, 0.1) is 6.61 Å². The molecule has 0 saturated carbocycles. The topological polar surface area (TPSA) is 9.23 Å². The second kappa shape index (κ2) is 5.74. The van der Waals surface area contributed by atoms with E-state index in [-0.39, 0.29) is 5.82 Å². The Labute approximate surface area is 91.3 Å². The summed E-state index contributed by atoms with van der Waals surface area (Å²) in [4.78, 5) is 0. The van der Waals surface area contributed by atoms with Gasteiger partial charge in [-0.3, -0.25) is 0 Å². The van der Waals surface area contributed by atoms with Crippen LogP contribution in [0.15, 0.2) is 18.2 Å². The van der Waals surface area contributed by atoms with Crippen LogP contribution in [0.25, 0.3) is 0 Å². The smallest absolute Gasteiger partial charge is 0.126 e. The van der Waals surface area contributed by atoms with Gasteiger partial charge < -0.3 is 4.74 Å². The van der Waals surface area contributed by atoms with E-state index in [9.17, 15) is 4.39 Å². The number of benzene rings is 1. The Balaban J connectivity index is 2.40. The summed E-state index contributed by atoms with van der Waals surface area (Å²) in [6.07, 6.45) is 2.17. The van der Waals surface area contributed by atoms with Crippen molar-refractivity contribution in [3.8, 4) is 5.75 Å². The van der Waals surface area contributed by atoms with Gasteiger partial charge in [-0.25, -0.2) is 4.39 Å². The molecule has 0 aliphatic heterocycles. The number of aryl methyl sites for hydroxylation is 1. The second-order valence-electron chi connectivity index (χ2n) is 4.29. The maximum absolute atomic E-state index is 12.9. The van der Waals surface area contributed by atoms with Crippen molar-refractivity contribution in [1.29, 1.82) is 0 Å². The summed E-state index contributed by atoms with van der Waals surface area (Å²) >= 11 is 0. The molecule has 0 heterocycles. The maximum Gasteiger partial charge on any atom is 0.126 e. The van der Waals surface area contributed by atoms with Crippen LogP contribution in [-0.2, 0) is 0 Å². The van der Waals surface area contributed by atoms with Gasteiger partial charge in [0.15, 0.2) is 0 Å². The van der Waals surface area contributed by atoms with Crippen LogP contribution in [0.1, 0.15) is 32.3 Å². The lowest BCUT2D eigenvalue weighted by Gasteiger charge is -2.09. The number of halogens is 1. The lowest BCUT2D eigenvalue weighted by atomic mass is 10.1. The minimum absolute atomic E-state index is 0.237. The Morgan fingerprint density at radius 2 is 2.07 bits per heavy atom. The number of hydrogen-bond acceptors (Lipinski definition) is 1. The highest BCUT2D eigenvalue weighted by atomic mass is 19.1. The van der Waals surface area contributed by atoms with Crippen LogP contribution in [0.5, 0.6) is 5.75 Å². The fourth-order valence-electron chi connectivity index (χ4n) is 1.40. The summed E-state index contributed by atoms with van der Waals surface area (Å²) in [6, 6.07) is 4.65. The molecule has 84 valence electrons. The van der Waals surface area contributed by atoms with Crippen LogP contribution in [0.4, 0.5) is 4.39 Å². The zero-order chi connectivity index (χ0) is 11.3. The molecule has 15 heavy (non-hydrogen) atoms. The zero-order valence-corrected chi connectivity index (χ0v) is 9.72. The summed E-state index contributed by atoms with van der Waals surface area (Å²) in [5, 5.41) is 0. The van der Waals surface area contributed by atoms with Crippen LogP contribution in [0.2, 0.25) is 0 Å². The van der Waals surface area contributed by atoms with Crippen molar-refractivity contribution in [2.24, 2.45) is 5.92 Å². The Morgan fingerprint density at radius 3 is 2.73 bits per heavy atom. The van der Waals surface area contributed by atoms with E-state index < -0.39 is 0 Å². The van der Waals surface area contributed by atoms with Gasteiger partial charge in [-0.2, -0.15) is 0 Å². The minimum Gasteiger partial charge on any atom is -0.493 e. The molecule has 0 aliphatic carbocycles. The summed E-state index contributed by atoms with van der Waals surface area (Å²) in [5.41, 5.74) is 0.987. The number of hydrogen-bond donors (Lipinski definition) is 0. The van der Waals surface area contributed by atoms with Gasteiger partial charge >= 0.3 is 0 Å². The molecule has 0 bridgehead atoms. The normalized spacial score (nSPS) is 10.7. The molecule has 0 saturated heterocycles. The monoisotopic (exact) mass is 210 g/mol. The Bertz CT molecular complexity index is 307. The predicted octanol–water partition coefficient (Wildman–Crippen LogP) is 3.95. The van der Waals surface area contributed by atoms with Crippen molar-refractivity contribution in [3.63, 3.8) is 0 Å². The van der Waals surface area contributed by atoms with Crippen LogP contribution < -0.4 is 4.74 Å². The standard InChI is InChI=1S/C13H19FO/c1-10(2)5-4-8-15-13-9-12(14)7-6-11(13)3/h6-7,9-10H,4-5,8H2,1-3H3. The van der Waals surface area contributed by atoms with Gasteiger partial charge in [-0.05, 0) is 37.3 Å². The van der Waals surface area contributed by atoms with E-state index in [1.54, 1.807) is 6.07 Å². The molecule has 0 spiro atoms. The van der Waals surface area contributed by atoms with E-state index in [1.165, 1.54) is 12.1 Å². The molecule has 0 unspecified atom stereocenters. The van der Waals surface area contributed by atoms with Crippen molar-refractivity contribution in [3.05, 3.63) is 29.6 Å². The highest BCUT2D eigenvalue weighted by Crippen LogP contribution is 2.19. The highest BCUT2D eigenvalue weighted by molar-refractivity contribution is 5.32. The first-order valence-corrected chi connectivity index (χ1v) is 5.48. The first kappa shape index (κ1) is 12.0. The van der Waals surface area contributed by atoms with E-state index in [0.717, 1.165) is 18.4 Å². The molecule has 0 fully saturated rings. The fourth-order valence-corrected chi connectivity index (χ4v) is 1.40. The van der Waals surface area contributed by atoms with Crippen molar-refractivity contribution in [1.82, 2.24) is 0 Å². The van der Waals surface area contributed by atoms with Gasteiger partial charge in [0, 0.05) is 6.07 Å². The van der Waals surface area contributed by atoms with Gasteiger partial charge in [0.25, 0.3) is 0 Å². The van der Waals surface area contributed by atoms with E-state index in [4.69, 9.17) is 4.74 Å². The molecule has 0 N–H and O–H groups in total. The molecule has 0 amide bonds. The molecule has 1 nitrogen and oxygen atoms in total. The summed E-state index contributed by atoms with van der Waals surface area (Å²) in [7, 11) is 0. The van der Waals surface area contributed by atoms with Crippen LogP contribution >= 0.6 is 0 Å². The quantitative estimate of drug-likeness (QED) is 0.669. The van der Waals surface area contributed by atoms with E-state index in [2.05, 4.69) is 13.8 Å². The maximum atomic E-state index is 12.9. The van der Waals surface area contributed by atoms with Crippen molar-refractivity contribution in [2.75, 3.05) is 6.61 Å². The largest absolute Gasteiger partial charge is 0.493 e. The molecule has 2 heteroatoms. The third kappa shape index (κ3) is 4.32. The third-order valence-electron chi connectivity index (χ3n) is 2.33. The highest BCUT2D eigenvalue weighted by Gasteiger charge is 2.01. The van der Waals surface area contributed by atoms with Crippen molar-refractivity contribution < 1.29 is 9.13 Å². The lowest BCUT2D eigenvalue weighted by Crippen LogP contribution is -2.01. The number of rotatable bonds is 5. The summed E-state index contributed by atoms with van der Waals surface area (Å²) in [6.45, 7) is 6.97. The third-order valence-corrected chi connectivity index (χ3v) is 2.33. The second-order valence-corrected chi connectivity index (χ2v) is 4.29. The molecule has 1 aromatic carbocycles. The Kier molecular flexibility index (Phi) is 4.60. The van der Waals surface area contributed by atoms with Crippen LogP contribution in [0.3, 0.4) is 0 Å². The molecule has 0 atom stereocenters. The minimum atomic E-state index is -0.237. The van der Waals surface area contributed by atoms with Gasteiger partial charge in [0.1, 0.15) is 11.6 Å². The fraction of sp³-hybridized carbons (Fsp3) is 0.538. The number of ether oxygens (including phenoxy) is 1. The van der Waals surface area contributed by atoms with Crippen molar-refractivity contribution in [2.45, 2.75) is 33.6 Å². The van der Waals surface area contributed by atoms with E-state index in [0.29, 0.717) is 18.3 Å². The van der Waals surface area contributed by atoms with Crippen LogP contribution in [-0.4, -0.2) is 6.61 Å². The first-order valence-electron chi connectivity index (χ1n) is 5.48. The zero-order valence-electron chi connectivity index (χ0n) is 9.72. The average molecular weight is 210 g/mol. The van der Waals surface area contributed by atoms with Crippen LogP contribution in [0, 0.1) is 18.7 Å². The SMILES string of the molecule is Cc1ccc(F)cc1OCCCC(C)C. The van der Waals surface area contributed by atoms with E-state index >= 15 is 0 Å². The van der Waals surface area contributed by atoms with Gasteiger partial charge in [0.2, 0.25) is 0 Å². The molecular weight excluding hydrogens is 191 g/mol. The molecule has 1 rings (SSSR count). The molecular formula is C13H19FO. The van der Waals surface area contributed by atoms with Crippen molar-refractivity contribution >= 4 is 0 Å². The Morgan fingerprint density at radius 1 is 1.33 bits per heavy atom. The van der Waals surface area contributed by atoms with E-state index in [1.807, 2.05) is 6.92 Å². The van der Waals surface area contributed by atoms with Gasteiger partial charge in [-0.15, -0.1) is 0 Å². The first-order chi connectivity index (χ1) is 7.09. The Hall–Kier alpha value is -1.05. The molecule has 1 aromatic rings. The molecule has 0 aromatic heterocycles.